The average molecular weight is 298 g/mol. The molecule has 1 aromatic carbocycles. The normalized spacial score (nSPS) is 39.7. The third-order valence-electron chi connectivity index (χ3n) is 6.84. The van der Waals surface area contributed by atoms with Crippen molar-refractivity contribution in [1.82, 2.24) is 0 Å². The van der Waals surface area contributed by atoms with E-state index in [0.29, 0.717) is 28.9 Å². The second-order valence-corrected chi connectivity index (χ2v) is 8.02. The average Bonchev–Trinajstić information content (AvgIpc) is 2.80. The highest BCUT2D eigenvalue weighted by Crippen LogP contribution is 2.61. The number of benzene rings is 1. The number of aromatic hydroxyl groups is 1. The third-order valence-corrected chi connectivity index (χ3v) is 6.84. The zero-order valence-corrected chi connectivity index (χ0v) is 13.4. The van der Waals surface area contributed by atoms with Crippen molar-refractivity contribution in [3.05, 3.63) is 35.4 Å². The van der Waals surface area contributed by atoms with Crippen LogP contribution in [0.2, 0.25) is 0 Å². The Bertz CT molecular complexity index is 620. The summed E-state index contributed by atoms with van der Waals surface area (Å²) in [5.74, 6) is 2.33. The van der Waals surface area contributed by atoms with Crippen molar-refractivity contribution in [3.8, 4) is 5.75 Å². The maximum absolute atomic E-state index is 10.2. The van der Waals surface area contributed by atoms with E-state index in [9.17, 15) is 10.2 Å². The van der Waals surface area contributed by atoms with E-state index >= 15 is 0 Å². The molecule has 2 heteroatoms. The second kappa shape index (κ2) is 4.86. The SMILES string of the molecule is C=Cc1cc2c(cc1O)CC[C@@H]1[C@@H]2CC[C@]2(C)C[C@H](O)C[C@@H]12. The lowest BCUT2D eigenvalue weighted by Gasteiger charge is -2.49. The second-order valence-electron chi connectivity index (χ2n) is 8.02. The zero-order valence-electron chi connectivity index (χ0n) is 13.4. The molecule has 0 spiro atoms. The minimum absolute atomic E-state index is 0.0984. The first kappa shape index (κ1) is 14.3. The number of aryl methyl sites for hydroxylation is 1. The summed E-state index contributed by atoms with van der Waals surface area (Å²) in [6.45, 7) is 6.22. The number of phenols is 1. The van der Waals surface area contributed by atoms with Crippen molar-refractivity contribution >= 4 is 6.08 Å². The molecule has 5 atom stereocenters. The van der Waals surface area contributed by atoms with Crippen LogP contribution in [0.3, 0.4) is 0 Å². The Hall–Kier alpha value is -1.28. The maximum Gasteiger partial charge on any atom is 0.123 e. The molecule has 1 aromatic rings. The van der Waals surface area contributed by atoms with Gasteiger partial charge in [-0.2, -0.15) is 0 Å². The summed E-state index contributed by atoms with van der Waals surface area (Å²) in [6.07, 6.45) is 8.34. The molecule has 3 aliphatic rings. The van der Waals surface area contributed by atoms with Gasteiger partial charge in [0.1, 0.15) is 5.75 Å². The largest absolute Gasteiger partial charge is 0.507 e. The molecule has 2 nitrogen and oxygen atoms in total. The Labute approximate surface area is 132 Å². The van der Waals surface area contributed by atoms with Gasteiger partial charge < -0.3 is 10.2 Å². The summed E-state index contributed by atoms with van der Waals surface area (Å²) in [7, 11) is 0. The number of hydrogen-bond acceptors (Lipinski definition) is 2. The van der Waals surface area contributed by atoms with Crippen molar-refractivity contribution < 1.29 is 10.2 Å². The molecule has 0 aromatic heterocycles. The fraction of sp³-hybridized carbons (Fsp3) is 0.600. The van der Waals surface area contributed by atoms with Crippen LogP contribution < -0.4 is 0 Å². The van der Waals surface area contributed by atoms with Gasteiger partial charge in [-0.15, -0.1) is 0 Å². The molecule has 2 fully saturated rings. The van der Waals surface area contributed by atoms with Crippen LogP contribution in [0.25, 0.3) is 6.08 Å². The van der Waals surface area contributed by atoms with Crippen molar-refractivity contribution in [2.45, 2.75) is 57.5 Å². The molecule has 3 aliphatic carbocycles. The number of hydrogen-bond donors (Lipinski definition) is 2. The molecule has 2 saturated carbocycles. The number of rotatable bonds is 1. The summed E-state index contributed by atoms with van der Waals surface area (Å²) >= 11 is 0. The van der Waals surface area contributed by atoms with Crippen molar-refractivity contribution in [3.63, 3.8) is 0 Å². The van der Waals surface area contributed by atoms with E-state index in [-0.39, 0.29) is 6.10 Å². The molecule has 22 heavy (non-hydrogen) atoms. The summed E-state index contributed by atoms with van der Waals surface area (Å²) in [5.41, 5.74) is 3.97. The summed E-state index contributed by atoms with van der Waals surface area (Å²) in [6, 6.07) is 4.13. The number of aliphatic hydroxyl groups excluding tert-OH is 1. The van der Waals surface area contributed by atoms with E-state index in [1.54, 1.807) is 6.08 Å². The Kier molecular flexibility index (Phi) is 3.16. The standard InChI is InChI=1S/C20H26O2/c1-3-12-8-17-13(9-19(12)22)4-5-16-15(17)6-7-20(2)11-14(21)10-18(16)20/h3,8-9,14-16,18,21-22H,1,4-7,10-11H2,2H3/t14-,15+,16-,18+,20-/m1/s1. The number of aliphatic hydroxyl groups is 1. The Morgan fingerprint density at radius 3 is 2.91 bits per heavy atom. The maximum atomic E-state index is 10.2. The smallest absolute Gasteiger partial charge is 0.123 e. The van der Waals surface area contributed by atoms with E-state index in [0.717, 1.165) is 24.8 Å². The Morgan fingerprint density at radius 2 is 2.14 bits per heavy atom. The molecule has 0 aliphatic heterocycles. The van der Waals surface area contributed by atoms with E-state index in [1.807, 2.05) is 6.07 Å². The Balaban J connectivity index is 1.73. The minimum atomic E-state index is -0.0984. The fourth-order valence-electron chi connectivity index (χ4n) is 5.81. The first-order valence-corrected chi connectivity index (χ1v) is 8.68. The summed E-state index contributed by atoms with van der Waals surface area (Å²) in [5, 5.41) is 20.3. The van der Waals surface area contributed by atoms with Crippen LogP contribution in [-0.4, -0.2) is 16.3 Å². The van der Waals surface area contributed by atoms with Gasteiger partial charge in [0.25, 0.3) is 0 Å². The topological polar surface area (TPSA) is 40.5 Å². The first-order valence-electron chi connectivity index (χ1n) is 8.68. The number of phenolic OH excluding ortho intramolecular Hbond substituents is 1. The molecule has 0 heterocycles. The molecule has 0 radical (unpaired) electrons. The lowest BCUT2D eigenvalue weighted by molar-refractivity contribution is 0.0595. The van der Waals surface area contributed by atoms with Crippen LogP contribution in [0.4, 0.5) is 0 Å². The van der Waals surface area contributed by atoms with E-state index in [4.69, 9.17) is 0 Å². The molecular weight excluding hydrogens is 272 g/mol. The molecule has 118 valence electrons. The van der Waals surface area contributed by atoms with Crippen LogP contribution in [0.1, 0.15) is 61.6 Å². The van der Waals surface area contributed by atoms with Gasteiger partial charge in [0, 0.05) is 5.56 Å². The molecule has 2 N–H and O–H groups in total. The van der Waals surface area contributed by atoms with Crippen LogP contribution in [0.5, 0.6) is 5.75 Å². The lowest BCUT2D eigenvalue weighted by Crippen LogP contribution is -2.39. The molecule has 0 unspecified atom stereocenters. The van der Waals surface area contributed by atoms with Crippen molar-refractivity contribution in [2.24, 2.45) is 17.3 Å². The summed E-state index contributed by atoms with van der Waals surface area (Å²) in [4.78, 5) is 0. The van der Waals surface area contributed by atoms with Crippen LogP contribution in [0, 0.1) is 17.3 Å². The predicted molar refractivity (Wildman–Crippen MR) is 88.8 cm³/mol. The highest BCUT2D eigenvalue weighted by molar-refractivity contribution is 5.59. The van der Waals surface area contributed by atoms with Crippen LogP contribution >= 0.6 is 0 Å². The molecule has 0 saturated heterocycles. The quantitative estimate of drug-likeness (QED) is 0.813. The molecular formula is C20H26O2. The van der Waals surface area contributed by atoms with Crippen molar-refractivity contribution in [2.75, 3.05) is 0 Å². The molecule has 0 bridgehead atoms. The van der Waals surface area contributed by atoms with Gasteiger partial charge >= 0.3 is 0 Å². The predicted octanol–water partition coefficient (Wildman–Crippen LogP) is 4.25. The third kappa shape index (κ3) is 1.96. The van der Waals surface area contributed by atoms with Crippen LogP contribution in [-0.2, 0) is 6.42 Å². The van der Waals surface area contributed by atoms with E-state index in [2.05, 4.69) is 19.6 Å². The lowest BCUT2D eigenvalue weighted by atomic mass is 9.56. The number of fused-ring (bicyclic) bond motifs is 5. The first-order chi connectivity index (χ1) is 10.5. The Morgan fingerprint density at radius 1 is 1.32 bits per heavy atom. The highest BCUT2D eigenvalue weighted by atomic mass is 16.3. The summed E-state index contributed by atoms with van der Waals surface area (Å²) < 4.78 is 0. The zero-order chi connectivity index (χ0) is 15.5. The van der Waals surface area contributed by atoms with Crippen molar-refractivity contribution in [1.29, 1.82) is 0 Å². The van der Waals surface area contributed by atoms with E-state index in [1.165, 1.54) is 30.4 Å². The van der Waals surface area contributed by atoms with Gasteiger partial charge in [-0.05, 0) is 85.0 Å². The van der Waals surface area contributed by atoms with Gasteiger partial charge in [0.05, 0.1) is 6.10 Å². The molecule has 0 amide bonds. The van der Waals surface area contributed by atoms with Gasteiger partial charge in [0.15, 0.2) is 0 Å². The van der Waals surface area contributed by atoms with Gasteiger partial charge in [-0.1, -0.05) is 19.6 Å². The molecule has 4 rings (SSSR count). The van der Waals surface area contributed by atoms with Gasteiger partial charge in [0.2, 0.25) is 0 Å². The fourth-order valence-corrected chi connectivity index (χ4v) is 5.81. The van der Waals surface area contributed by atoms with Crippen LogP contribution in [0.15, 0.2) is 18.7 Å². The highest BCUT2D eigenvalue weighted by Gasteiger charge is 2.52. The van der Waals surface area contributed by atoms with E-state index < -0.39 is 0 Å². The monoisotopic (exact) mass is 298 g/mol. The van der Waals surface area contributed by atoms with Gasteiger partial charge in [-0.25, -0.2) is 0 Å². The minimum Gasteiger partial charge on any atom is -0.507 e. The van der Waals surface area contributed by atoms with Gasteiger partial charge in [-0.3, -0.25) is 0 Å².